The van der Waals surface area contributed by atoms with Gasteiger partial charge in [-0.1, -0.05) is 48.5 Å². The van der Waals surface area contributed by atoms with Gasteiger partial charge >= 0.3 is 47.8 Å². The van der Waals surface area contributed by atoms with E-state index >= 15 is 35.1 Å². The number of carbonyl (C=O) groups excluding carboxylic acids is 8. The quantitative estimate of drug-likeness (QED) is 0.00621. The average molecular weight is 1960 g/mol. The molecule has 2 aliphatic heterocycles. The molecular formula is C104H82F8N16O16. The van der Waals surface area contributed by atoms with Gasteiger partial charge in [0.05, 0.1) is 181 Å². The van der Waals surface area contributed by atoms with Crippen LogP contribution in [0.2, 0.25) is 0 Å². The molecule has 0 atom stereocenters. The monoisotopic (exact) mass is 1960 g/mol. The van der Waals surface area contributed by atoms with Crippen LogP contribution in [0.1, 0.15) is 138 Å². The number of rotatable bonds is 32. The maximum atomic E-state index is 18.3. The molecule has 144 heavy (non-hydrogen) atoms. The Morgan fingerprint density at radius 2 is 0.507 bits per heavy atom. The van der Waals surface area contributed by atoms with Gasteiger partial charge in [-0.15, -0.1) is 0 Å². The van der Waals surface area contributed by atoms with Crippen LogP contribution < -0.4 is 42.6 Å². The van der Waals surface area contributed by atoms with Crippen molar-refractivity contribution in [1.29, 1.82) is 0 Å². The second kappa shape index (κ2) is 41.7. The van der Waals surface area contributed by atoms with E-state index in [1.807, 2.05) is 0 Å². The summed E-state index contributed by atoms with van der Waals surface area (Å²) >= 11 is 0. The van der Waals surface area contributed by atoms with Crippen molar-refractivity contribution in [2.24, 2.45) is 0 Å². The van der Waals surface area contributed by atoms with Gasteiger partial charge in [0.25, 0.3) is 0 Å². The number of fused-ring (bicyclic) bond motifs is 20. The van der Waals surface area contributed by atoms with Gasteiger partial charge in [0.1, 0.15) is 11.3 Å². The van der Waals surface area contributed by atoms with Gasteiger partial charge in [-0.3, -0.25) is 5.43 Å². The third-order valence-electron chi connectivity index (χ3n) is 22.3. The molecule has 0 saturated heterocycles. The van der Waals surface area contributed by atoms with Gasteiger partial charge in [0, 0.05) is 45.4 Å². The van der Waals surface area contributed by atoms with Gasteiger partial charge in [0.2, 0.25) is 0 Å². The SMILES string of the molecule is CCOC(=O)c1cccc(Nc2cc3c(c(Nc4cccc(C(=O)OCC)c4)c2Nc2cccc(C(=O)OCC)c2)-c2nc-3nc3[nH]c(nc4nc(nc5c6c(Nc7cccc(C(=O)OCC)c7)c(Nc7cccc(C(=O)OCC)c7)c(Nc7cccc(C(=O)OCC)c7)c(Nc7cccc(C(=O)OCC)c7)c6c(n2)n5Nc2cccc(C(=O)OCC)c2)-c2c(F)c(F)c(F)c(F)c2-4)c2c(F)c(F)c(F)c(F)c32)c1. The van der Waals surface area contributed by atoms with Crippen molar-refractivity contribution in [2.45, 2.75) is 55.4 Å². The van der Waals surface area contributed by atoms with Gasteiger partial charge in [-0.25, -0.2) is 108 Å². The number of H-pyrrole nitrogens is 1. The lowest BCUT2D eigenvalue weighted by atomic mass is 10.0. The van der Waals surface area contributed by atoms with E-state index in [4.69, 9.17) is 57.8 Å². The molecule has 40 heteroatoms. The van der Waals surface area contributed by atoms with Gasteiger partial charge in [0.15, 0.2) is 81.1 Å². The molecule has 9 N–H and O–H groups in total. The molecule has 32 nitrogen and oxygen atoms in total. The van der Waals surface area contributed by atoms with E-state index in [0.29, 0.717) is 0 Å². The first-order valence-corrected chi connectivity index (χ1v) is 45.0. The summed E-state index contributed by atoms with van der Waals surface area (Å²) in [5.74, 6) is -29.1. The van der Waals surface area contributed by atoms with E-state index < -0.39 is 167 Å². The molecule has 12 aromatic carbocycles. The zero-order chi connectivity index (χ0) is 102. The minimum absolute atomic E-state index is 0.00157. The van der Waals surface area contributed by atoms with Crippen molar-refractivity contribution < 1.29 is 111 Å². The Morgan fingerprint density at radius 1 is 0.257 bits per heavy atom. The number of aromatic amines is 1. The summed E-state index contributed by atoms with van der Waals surface area (Å²) in [6, 6.07) is 47.9. The molecule has 8 bridgehead atoms. The molecule has 0 unspecified atom stereocenters. The van der Waals surface area contributed by atoms with Crippen LogP contribution in [-0.4, -0.2) is 140 Å². The third kappa shape index (κ3) is 19.4. The lowest BCUT2D eigenvalue weighted by molar-refractivity contribution is 0.0517. The molecular weight excluding hydrogens is 1880 g/mol. The minimum atomic E-state index is -2.50. The molecule has 17 rings (SSSR count). The number of benzene rings is 12. The molecule has 5 heterocycles. The number of ether oxygens (including phenoxy) is 8. The van der Waals surface area contributed by atoms with Crippen LogP contribution in [-0.2, 0) is 37.9 Å². The first-order chi connectivity index (χ1) is 69.6. The van der Waals surface area contributed by atoms with Crippen molar-refractivity contribution in [3.05, 3.63) is 291 Å². The lowest BCUT2D eigenvalue weighted by Crippen LogP contribution is -2.12. The summed E-state index contributed by atoms with van der Waals surface area (Å²) in [6.07, 6.45) is 0. The van der Waals surface area contributed by atoms with Crippen molar-refractivity contribution in [2.75, 3.05) is 95.5 Å². The number of nitrogens with zero attached hydrogens (tertiary/aromatic N) is 7. The second-order valence-electron chi connectivity index (χ2n) is 31.5. The van der Waals surface area contributed by atoms with Crippen LogP contribution in [0.5, 0.6) is 0 Å². The van der Waals surface area contributed by atoms with Crippen molar-refractivity contribution in [3.63, 3.8) is 0 Å². The zero-order valence-corrected chi connectivity index (χ0v) is 77.4. The number of anilines is 15. The van der Waals surface area contributed by atoms with Crippen molar-refractivity contribution in [3.8, 4) is 45.6 Å². The summed E-state index contributed by atoms with van der Waals surface area (Å²) in [6.45, 7) is 11.7. The van der Waals surface area contributed by atoms with Crippen LogP contribution in [0.3, 0.4) is 0 Å². The minimum Gasteiger partial charge on any atom is -0.462 e. The smallest absolute Gasteiger partial charge is 0.338 e. The molecule has 730 valence electrons. The Balaban J connectivity index is 1.19. The molecule has 0 amide bonds. The molecule has 0 spiro atoms. The van der Waals surface area contributed by atoms with Gasteiger partial charge in [-0.05, 0) is 207 Å². The van der Waals surface area contributed by atoms with E-state index in [2.05, 4.69) is 57.6 Å². The Bertz CT molecular complexity index is 8000. The number of hydrogen-bond donors (Lipinski definition) is 9. The molecule has 0 fully saturated rings. The van der Waals surface area contributed by atoms with E-state index in [9.17, 15) is 38.4 Å². The van der Waals surface area contributed by atoms with Crippen molar-refractivity contribution in [1.82, 2.24) is 39.6 Å². The van der Waals surface area contributed by atoms with Crippen LogP contribution in [0.4, 0.5) is 120 Å². The highest BCUT2D eigenvalue weighted by Crippen LogP contribution is 2.56. The Kier molecular flexibility index (Phi) is 28.2. The number of aromatic nitrogens is 8. The number of carbonyl (C=O) groups is 8. The molecule has 0 radical (unpaired) electrons. The summed E-state index contributed by atoms with van der Waals surface area (Å²) in [5, 5.41) is 20.9. The first-order valence-electron chi connectivity index (χ1n) is 45.0. The number of esters is 8. The maximum Gasteiger partial charge on any atom is 0.338 e. The predicted molar refractivity (Wildman–Crippen MR) is 521 cm³/mol. The Labute approximate surface area is 811 Å². The molecule has 15 aromatic rings. The fourth-order valence-electron chi connectivity index (χ4n) is 16.1. The number of nitrogens with one attached hydrogen (secondary N) is 9. The fourth-order valence-corrected chi connectivity index (χ4v) is 16.1. The van der Waals surface area contributed by atoms with Gasteiger partial charge in [-0.2, -0.15) is 0 Å². The maximum absolute atomic E-state index is 18.3. The van der Waals surface area contributed by atoms with Gasteiger partial charge < -0.3 is 80.1 Å². The van der Waals surface area contributed by atoms with E-state index in [1.165, 1.54) is 188 Å². The average Bonchev–Trinajstić information content (AvgIpc) is 1.54. The lowest BCUT2D eigenvalue weighted by Gasteiger charge is -2.25. The summed E-state index contributed by atoms with van der Waals surface area (Å²) in [7, 11) is 0. The molecule has 3 aromatic heterocycles. The molecule has 0 saturated carbocycles. The highest BCUT2D eigenvalue weighted by atomic mass is 19.2. The predicted octanol–water partition coefficient (Wildman–Crippen LogP) is 22.9. The highest BCUT2D eigenvalue weighted by Gasteiger charge is 2.39. The summed E-state index contributed by atoms with van der Waals surface area (Å²) in [4.78, 5) is 146. The van der Waals surface area contributed by atoms with E-state index in [1.54, 1.807) is 67.5 Å². The first kappa shape index (κ1) is 97.3. The summed E-state index contributed by atoms with van der Waals surface area (Å²) in [5.41, 5.74) is -5.24. The normalized spacial score (nSPS) is 11.2. The second-order valence-corrected chi connectivity index (χ2v) is 31.5. The van der Waals surface area contributed by atoms with Crippen LogP contribution in [0.25, 0.3) is 89.7 Å². The molecule has 2 aliphatic rings. The van der Waals surface area contributed by atoms with Crippen LogP contribution in [0.15, 0.2) is 200 Å². The van der Waals surface area contributed by atoms with Crippen LogP contribution in [0, 0.1) is 46.5 Å². The topological polar surface area (TPSA) is 405 Å². The third-order valence-corrected chi connectivity index (χ3v) is 22.3. The van der Waals surface area contributed by atoms with Crippen LogP contribution >= 0.6 is 0 Å². The largest absolute Gasteiger partial charge is 0.462 e. The standard InChI is InChI=1S/C104H82F8N16O16/c1-9-137-97(129)50-25-17-33-58(41-50)113-67-49-66-68(84(115-60-35-19-27-52(43-60)99(131)139-11-3)83(67)114-59-34-18-26-51(42-59)98(130)138-10-2)90-120-89(66)121-91-69-70(76(106)80(110)79(109)75(69)105)92(122-91)123-93-71-72(78(108)82(112)81(111)77(71)107)94(124-93)126-96-74-73(95(125-90)128(96)127-65-40-24-32-57(48-65)104(136)144-16-8)85(116-61-36-20-28-53(44-61)100(132)140-12-4)87(118-63-38-22-30-55(46-63)102(134)142-14-6)88(119-64-39-23-31-56(47-64)103(135)143-15-7)86(74)117-62-37-21-29-54(45-62)101(133)141-13-5/h17-49,113-119,127H,9-16H2,1-8H3,(H,120,121,122,123,124,125,126). The Hall–Kier alpha value is -18.4. The number of halogens is 8. The van der Waals surface area contributed by atoms with Crippen molar-refractivity contribution >= 4 is 177 Å². The molecule has 0 aliphatic carbocycles. The van der Waals surface area contributed by atoms with E-state index in [-0.39, 0.29) is 199 Å². The zero-order valence-electron chi connectivity index (χ0n) is 77.4. The highest BCUT2D eigenvalue weighted by molar-refractivity contribution is 6.27. The number of hydrogen-bond acceptors (Lipinski definition) is 30. The summed E-state index contributed by atoms with van der Waals surface area (Å²) < 4.78 is 184. The van der Waals surface area contributed by atoms with E-state index in [0.717, 1.165) is 4.68 Å². The Morgan fingerprint density at radius 3 is 0.826 bits per heavy atom. The fraction of sp³-hybridized carbons (Fsp3) is 0.154.